The number of rotatable bonds is 2. The number of nitrogens with one attached hydrogen (secondary N) is 2. The minimum Gasteiger partial charge on any atom is -0.350 e. The fourth-order valence-corrected chi connectivity index (χ4v) is 2.25. The summed E-state index contributed by atoms with van der Waals surface area (Å²) < 4.78 is 26.6. The summed E-state index contributed by atoms with van der Waals surface area (Å²) >= 11 is 0. The van der Waals surface area contributed by atoms with E-state index in [-0.39, 0.29) is 17.8 Å². The van der Waals surface area contributed by atoms with Gasteiger partial charge >= 0.3 is 5.69 Å². The van der Waals surface area contributed by atoms with Gasteiger partial charge in [-0.05, 0) is 6.92 Å². The van der Waals surface area contributed by atoms with Crippen LogP contribution in [0.15, 0.2) is 21.9 Å². The maximum Gasteiger partial charge on any atom is 0.325 e. The van der Waals surface area contributed by atoms with Crippen molar-refractivity contribution in [1.29, 1.82) is 0 Å². The van der Waals surface area contributed by atoms with E-state index in [4.69, 9.17) is 0 Å². The van der Waals surface area contributed by atoms with E-state index < -0.39 is 23.7 Å². The molecule has 1 aliphatic heterocycles. The van der Waals surface area contributed by atoms with Crippen molar-refractivity contribution in [3.8, 4) is 11.3 Å². The largest absolute Gasteiger partial charge is 0.350 e. The Hall–Kier alpha value is -2.58. The number of anilines is 1. The van der Waals surface area contributed by atoms with Crippen LogP contribution in [0.5, 0.6) is 0 Å². The number of alkyl halides is 2. The third kappa shape index (κ3) is 2.74. The molecule has 1 aliphatic rings. The molecule has 1 fully saturated rings. The molecule has 115 valence electrons. The normalized spacial score (nSPS) is 17.0. The fraction of sp³-hybridized carbons (Fsp3) is 0.308. The molecule has 3 heterocycles. The van der Waals surface area contributed by atoms with Gasteiger partial charge in [0, 0.05) is 18.8 Å². The van der Waals surface area contributed by atoms with Gasteiger partial charge in [0.05, 0.1) is 24.2 Å². The Kier molecular flexibility index (Phi) is 3.27. The summed E-state index contributed by atoms with van der Waals surface area (Å²) in [6, 6.07) is 1.45. The zero-order valence-electron chi connectivity index (χ0n) is 11.6. The Labute approximate surface area is 123 Å². The molecule has 1 saturated heterocycles. The minimum atomic E-state index is -2.87. The zero-order chi connectivity index (χ0) is 15.9. The van der Waals surface area contributed by atoms with Gasteiger partial charge in [-0.25, -0.2) is 23.5 Å². The van der Waals surface area contributed by atoms with Gasteiger partial charge in [-0.2, -0.15) is 0 Å². The third-order valence-electron chi connectivity index (χ3n) is 3.26. The summed E-state index contributed by atoms with van der Waals surface area (Å²) in [4.78, 5) is 37.0. The number of nitrogens with zero attached hydrogens (tertiary/aromatic N) is 3. The third-order valence-corrected chi connectivity index (χ3v) is 3.26. The SMILES string of the molecule is Cc1nc(-c2c[nH]c(=O)[nH]c2=O)cc(N2C[CH]C(F)(F)C2)n1. The number of halogens is 2. The van der Waals surface area contributed by atoms with Gasteiger partial charge < -0.3 is 9.88 Å². The molecule has 0 saturated carbocycles. The highest BCUT2D eigenvalue weighted by Gasteiger charge is 2.39. The molecule has 0 atom stereocenters. The van der Waals surface area contributed by atoms with Crippen molar-refractivity contribution < 1.29 is 8.78 Å². The number of aromatic amines is 2. The molecule has 7 nitrogen and oxygen atoms in total. The van der Waals surface area contributed by atoms with Gasteiger partial charge in [-0.1, -0.05) is 0 Å². The average molecular weight is 308 g/mol. The Morgan fingerprint density at radius 3 is 2.73 bits per heavy atom. The monoisotopic (exact) mass is 308 g/mol. The Morgan fingerprint density at radius 1 is 1.32 bits per heavy atom. The van der Waals surface area contributed by atoms with Crippen molar-refractivity contribution in [3.05, 3.63) is 45.3 Å². The van der Waals surface area contributed by atoms with Crippen LogP contribution >= 0.6 is 0 Å². The number of hydrogen-bond acceptors (Lipinski definition) is 5. The minimum absolute atomic E-state index is 0.0604. The first-order chi connectivity index (χ1) is 10.3. The van der Waals surface area contributed by atoms with Gasteiger partial charge in [-0.3, -0.25) is 9.78 Å². The number of H-pyrrole nitrogens is 2. The number of aryl methyl sites for hydroxylation is 1. The molecule has 2 N–H and O–H groups in total. The number of aromatic nitrogens is 4. The first-order valence-electron chi connectivity index (χ1n) is 6.49. The van der Waals surface area contributed by atoms with Crippen LogP contribution < -0.4 is 16.1 Å². The Bertz CT molecular complexity index is 830. The van der Waals surface area contributed by atoms with Gasteiger partial charge in [0.25, 0.3) is 11.5 Å². The molecule has 2 aromatic heterocycles. The highest BCUT2D eigenvalue weighted by Crippen LogP contribution is 2.30. The van der Waals surface area contributed by atoms with E-state index >= 15 is 0 Å². The molecular formula is C13H12F2N5O2. The first kappa shape index (κ1) is 14.4. The molecule has 0 spiro atoms. The van der Waals surface area contributed by atoms with Crippen LogP contribution in [0, 0.1) is 13.3 Å². The Balaban J connectivity index is 2.04. The van der Waals surface area contributed by atoms with Crippen molar-refractivity contribution in [2.45, 2.75) is 12.8 Å². The lowest BCUT2D eigenvalue weighted by atomic mass is 10.2. The summed E-state index contributed by atoms with van der Waals surface area (Å²) in [6.07, 6.45) is 2.15. The second-order valence-electron chi connectivity index (χ2n) is 4.99. The molecule has 0 amide bonds. The van der Waals surface area contributed by atoms with Crippen molar-refractivity contribution in [2.75, 3.05) is 18.0 Å². The van der Waals surface area contributed by atoms with Crippen LogP contribution in [0.25, 0.3) is 11.3 Å². The highest BCUT2D eigenvalue weighted by atomic mass is 19.3. The molecule has 0 bridgehead atoms. The van der Waals surface area contributed by atoms with E-state index in [0.29, 0.717) is 11.6 Å². The van der Waals surface area contributed by atoms with Crippen molar-refractivity contribution in [3.63, 3.8) is 0 Å². The topological polar surface area (TPSA) is 94.7 Å². The van der Waals surface area contributed by atoms with Crippen LogP contribution in [-0.2, 0) is 0 Å². The lowest BCUT2D eigenvalue weighted by Gasteiger charge is -2.18. The van der Waals surface area contributed by atoms with E-state index in [2.05, 4.69) is 19.9 Å². The predicted octanol–water partition coefficient (Wildman–Crippen LogP) is 0.488. The van der Waals surface area contributed by atoms with Crippen LogP contribution in [0.1, 0.15) is 5.82 Å². The van der Waals surface area contributed by atoms with Gasteiger partial charge in [0.15, 0.2) is 0 Å². The fourth-order valence-electron chi connectivity index (χ4n) is 2.25. The predicted molar refractivity (Wildman–Crippen MR) is 74.9 cm³/mol. The van der Waals surface area contributed by atoms with Crippen molar-refractivity contribution in [2.24, 2.45) is 0 Å². The van der Waals surface area contributed by atoms with E-state index in [1.807, 2.05) is 0 Å². The summed E-state index contributed by atoms with van der Waals surface area (Å²) in [7, 11) is 0. The van der Waals surface area contributed by atoms with E-state index in [0.717, 1.165) is 6.42 Å². The van der Waals surface area contributed by atoms with Gasteiger partial charge in [0.1, 0.15) is 11.6 Å². The van der Waals surface area contributed by atoms with Crippen molar-refractivity contribution >= 4 is 5.82 Å². The Morgan fingerprint density at radius 2 is 2.09 bits per heavy atom. The molecule has 2 aromatic rings. The second kappa shape index (κ2) is 5.00. The summed E-state index contributed by atoms with van der Waals surface area (Å²) in [5.41, 5.74) is -0.837. The lowest BCUT2D eigenvalue weighted by Crippen LogP contribution is -2.26. The smallest absolute Gasteiger partial charge is 0.325 e. The lowest BCUT2D eigenvalue weighted by molar-refractivity contribution is 0.0619. The zero-order valence-corrected chi connectivity index (χ0v) is 11.6. The molecule has 22 heavy (non-hydrogen) atoms. The van der Waals surface area contributed by atoms with Crippen molar-refractivity contribution in [1.82, 2.24) is 19.9 Å². The summed E-state index contributed by atoms with van der Waals surface area (Å²) in [6.45, 7) is 1.19. The summed E-state index contributed by atoms with van der Waals surface area (Å²) in [5.74, 6) is -2.22. The van der Waals surface area contributed by atoms with Crippen LogP contribution in [0.3, 0.4) is 0 Å². The molecule has 1 radical (unpaired) electrons. The maximum atomic E-state index is 13.3. The molecule has 9 heteroatoms. The standard InChI is InChI=1S/C13H12F2N5O2/c1-7-17-9(8-5-16-12(22)19-11(8)21)4-10(18-7)20-3-2-13(14,15)6-20/h2,4-5H,3,6H2,1H3,(H2,16,19,21,22). The van der Waals surface area contributed by atoms with Crippen LogP contribution in [-0.4, -0.2) is 38.9 Å². The van der Waals surface area contributed by atoms with Gasteiger partial charge in [-0.15, -0.1) is 0 Å². The van der Waals surface area contributed by atoms with Crippen LogP contribution in [0.2, 0.25) is 0 Å². The molecule has 3 rings (SSSR count). The van der Waals surface area contributed by atoms with E-state index in [1.165, 1.54) is 17.2 Å². The molecular weight excluding hydrogens is 296 g/mol. The molecule has 0 unspecified atom stereocenters. The highest BCUT2D eigenvalue weighted by molar-refractivity contribution is 5.61. The molecule has 0 aliphatic carbocycles. The quantitative estimate of drug-likeness (QED) is 0.842. The number of hydrogen-bond donors (Lipinski definition) is 2. The second-order valence-corrected chi connectivity index (χ2v) is 4.99. The van der Waals surface area contributed by atoms with Crippen LogP contribution in [0.4, 0.5) is 14.6 Å². The maximum absolute atomic E-state index is 13.3. The van der Waals surface area contributed by atoms with E-state index in [1.54, 1.807) is 6.92 Å². The first-order valence-corrected chi connectivity index (χ1v) is 6.49. The van der Waals surface area contributed by atoms with E-state index in [9.17, 15) is 18.4 Å². The summed E-state index contributed by atoms with van der Waals surface area (Å²) in [5, 5.41) is 0. The molecule has 0 aromatic carbocycles. The van der Waals surface area contributed by atoms with Gasteiger partial charge in [0.2, 0.25) is 0 Å². The average Bonchev–Trinajstić information content (AvgIpc) is 2.78.